The molecule has 0 bridgehead atoms. The van der Waals surface area contributed by atoms with Crippen molar-refractivity contribution in [1.29, 1.82) is 0 Å². The van der Waals surface area contributed by atoms with Gasteiger partial charge in [-0.05, 0) is 47.9 Å². The number of alkyl halides is 3. The monoisotopic (exact) mass is 314 g/mol. The number of benzene rings is 2. The van der Waals surface area contributed by atoms with Crippen LogP contribution in [0.2, 0.25) is 5.02 Å². The van der Waals surface area contributed by atoms with Crippen molar-refractivity contribution in [3.8, 4) is 0 Å². The van der Waals surface area contributed by atoms with Crippen molar-refractivity contribution in [2.24, 2.45) is 0 Å². The van der Waals surface area contributed by atoms with Crippen molar-refractivity contribution in [2.75, 3.05) is 0 Å². The summed E-state index contributed by atoms with van der Waals surface area (Å²) < 4.78 is 50.8. The summed E-state index contributed by atoms with van der Waals surface area (Å²) in [5, 5.41) is 0.0272. The molecule has 0 spiro atoms. The van der Waals surface area contributed by atoms with Crippen LogP contribution in [-0.4, -0.2) is 0 Å². The van der Waals surface area contributed by atoms with Gasteiger partial charge in [-0.3, -0.25) is 0 Å². The quantitative estimate of drug-likeness (QED) is 0.467. The van der Waals surface area contributed by atoms with Gasteiger partial charge in [0.15, 0.2) is 0 Å². The Hall–Kier alpha value is -1.81. The minimum absolute atomic E-state index is 0.0272. The molecule has 2 aromatic carbocycles. The van der Waals surface area contributed by atoms with Crippen LogP contribution in [0.4, 0.5) is 17.6 Å². The zero-order valence-electron chi connectivity index (χ0n) is 11.0. The molecule has 0 aliphatic rings. The molecule has 0 fully saturated rings. The van der Waals surface area contributed by atoms with Crippen molar-refractivity contribution in [3.05, 3.63) is 70.0 Å². The van der Waals surface area contributed by atoms with Crippen LogP contribution in [0.25, 0.3) is 11.6 Å². The lowest BCUT2D eigenvalue weighted by Crippen LogP contribution is -2.04. The molecule has 110 valence electrons. The number of halogens is 5. The van der Waals surface area contributed by atoms with Gasteiger partial charge in [0, 0.05) is 0 Å². The van der Waals surface area contributed by atoms with Gasteiger partial charge in [0.2, 0.25) is 0 Å². The first-order chi connectivity index (χ1) is 9.77. The molecular weight excluding hydrogens is 304 g/mol. The standard InChI is InChI=1S/C16H11ClF4/c1-10(8-11-2-7-14(17)15(18)9-11)12-3-5-13(6-4-12)16(19,20)21/h2-9H,1H3/b10-8-. The Morgan fingerprint density at radius 2 is 1.67 bits per heavy atom. The van der Waals surface area contributed by atoms with Gasteiger partial charge >= 0.3 is 6.18 Å². The van der Waals surface area contributed by atoms with Crippen LogP contribution in [0.3, 0.4) is 0 Å². The summed E-state index contributed by atoms with van der Waals surface area (Å²) in [6, 6.07) is 9.17. The van der Waals surface area contributed by atoms with Gasteiger partial charge in [0.25, 0.3) is 0 Å². The molecule has 0 amide bonds. The summed E-state index contributed by atoms with van der Waals surface area (Å²) in [6.07, 6.45) is -2.67. The molecule has 2 rings (SSSR count). The highest BCUT2D eigenvalue weighted by molar-refractivity contribution is 6.30. The Morgan fingerprint density at radius 1 is 1.05 bits per heavy atom. The second kappa shape index (κ2) is 5.90. The SMILES string of the molecule is C/C(=C/c1ccc(Cl)c(F)c1)c1ccc(C(F)(F)F)cc1. The number of hydrogen-bond acceptors (Lipinski definition) is 0. The third kappa shape index (κ3) is 3.85. The molecule has 0 radical (unpaired) electrons. The normalized spacial score (nSPS) is 12.6. The maximum atomic E-state index is 13.3. The van der Waals surface area contributed by atoms with Crippen molar-refractivity contribution >= 4 is 23.3 Å². The maximum Gasteiger partial charge on any atom is 0.416 e. The molecule has 0 aliphatic carbocycles. The third-order valence-corrected chi connectivity index (χ3v) is 3.30. The first-order valence-electron chi connectivity index (χ1n) is 6.08. The summed E-state index contributed by atoms with van der Waals surface area (Å²) in [5.74, 6) is -0.536. The van der Waals surface area contributed by atoms with Crippen molar-refractivity contribution in [1.82, 2.24) is 0 Å². The Balaban J connectivity index is 2.28. The van der Waals surface area contributed by atoms with E-state index in [1.54, 1.807) is 19.1 Å². The number of rotatable bonds is 2. The second-order valence-electron chi connectivity index (χ2n) is 4.58. The van der Waals surface area contributed by atoms with Crippen LogP contribution >= 0.6 is 11.6 Å². The van der Waals surface area contributed by atoms with E-state index in [9.17, 15) is 17.6 Å². The highest BCUT2D eigenvalue weighted by Gasteiger charge is 2.29. The zero-order chi connectivity index (χ0) is 15.6. The minimum Gasteiger partial charge on any atom is -0.205 e. The predicted octanol–water partition coefficient (Wildman–Crippen LogP) is 6.06. The van der Waals surface area contributed by atoms with Gasteiger partial charge in [-0.15, -0.1) is 0 Å². The van der Waals surface area contributed by atoms with Crippen molar-refractivity contribution in [3.63, 3.8) is 0 Å². The molecule has 0 unspecified atom stereocenters. The maximum absolute atomic E-state index is 13.3. The first kappa shape index (κ1) is 15.6. The molecule has 0 nitrogen and oxygen atoms in total. The second-order valence-corrected chi connectivity index (χ2v) is 4.98. The fraction of sp³-hybridized carbons (Fsp3) is 0.125. The smallest absolute Gasteiger partial charge is 0.205 e. The van der Waals surface area contributed by atoms with E-state index in [4.69, 9.17) is 11.6 Å². The molecule has 5 heteroatoms. The van der Waals surface area contributed by atoms with Crippen molar-refractivity contribution in [2.45, 2.75) is 13.1 Å². The average molecular weight is 315 g/mol. The topological polar surface area (TPSA) is 0 Å². The van der Waals surface area contributed by atoms with E-state index in [1.165, 1.54) is 24.3 Å². The van der Waals surface area contributed by atoms with Crippen LogP contribution in [-0.2, 0) is 6.18 Å². The predicted molar refractivity (Wildman–Crippen MR) is 76.4 cm³/mol. The van der Waals surface area contributed by atoms with Gasteiger partial charge in [-0.1, -0.05) is 35.9 Å². The van der Waals surface area contributed by atoms with Crippen LogP contribution in [0, 0.1) is 5.82 Å². The molecule has 0 atom stereocenters. The average Bonchev–Trinajstić information content (AvgIpc) is 2.42. The molecule has 0 aromatic heterocycles. The summed E-state index contributed by atoms with van der Waals surface area (Å²) in [5.41, 5.74) is 1.26. The Bertz CT molecular complexity index is 670. The van der Waals surface area contributed by atoms with Crippen LogP contribution < -0.4 is 0 Å². The summed E-state index contributed by atoms with van der Waals surface area (Å²) >= 11 is 5.59. The van der Waals surface area contributed by atoms with Crippen LogP contribution in [0.1, 0.15) is 23.6 Å². The van der Waals surface area contributed by atoms with E-state index in [1.807, 2.05) is 0 Å². The summed E-state index contributed by atoms with van der Waals surface area (Å²) in [6.45, 7) is 1.75. The van der Waals surface area contributed by atoms with E-state index in [0.29, 0.717) is 11.1 Å². The third-order valence-electron chi connectivity index (χ3n) is 2.99. The highest BCUT2D eigenvalue weighted by atomic mass is 35.5. The van der Waals surface area contributed by atoms with E-state index in [-0.39, 0.29) is 5.02 Å². The lowest BCUT2D eigenvalue weighted by Gasteiger charge is -2.08. The Kier molecular flexibility index (Phi) is 4.37. The highest BCUT2D eigenvalue weighted by Crippen LogP contribution is 2.30. The first-order valence-corrected chi connectivity index (χ1v) is 6.46. The van der Waals surface area contributed by atoms with Crippen LogP contribution in [0.15, 0.2) is 42.5 Å². The van der Waals surface area contributed by atoms with Crippen LogP contribution in [0.5, 0.6) is 0 Å². The van der Waals surface area contributed by atoms with Crippen molar-refractivity contribution < 1.29 is 17.6 Å². The molecular formula is C16H11ClF4. The lowest BCUT2D eigenvalue weighted by atomic mass is 10.0. The fourth-order valence-electron chi connectivity index (χ4n) is 1.86. The fourth-order valence-corrected chi connectivity index (χ4v) is 1.98. The lowest BCUT2D eigenvalue weighted by molar-refractivity contribution is -0.137. The zero-order valence-corrected chi connectivity index (χ0v) is 11.8. The van der Waals surface area contributed by atoms with E-state index < -0.39 is 17.6 Å². The molecule has 0 aliphatic heterocycles. The molecule has 0 saturated carbocycles. The molecule has 0 saturated heterocycles. The summed E-state index contributed by atoms with van der Waals surface area (Å²) in [7, 11) is 0. The van der Waals surface area contributed by atoms with Gasteiger partial charge < -0.3 is 0 Å². The molecule has 2 aromatic rings. The largest absolute Gasteiger partial charge is 0.416 e. The van der Waals surface area contributed by atoms with E-state index in [2.05, 4.69) is 0 Å². The minimum atomic E-state index is -4.35. The molecule has 21 heavy (non-hydrogen) atoms. The molecule has 0 heterocycles. The van der Waals surface area contributed by atoms with Gasteiger partial charge in [-0.25, -0.2) is 4.39 Å². The van der Waals surface area contributed by atoms with Gasteiger partial charge in [-0.2, -0.15) is 13.2 Å². The summed E-state index contributed by atoms with van der Waals surface area (Å²) in [4.78, 5) is 0. The Morgan fingerprint density at radius 3 is 2.19 bits per heavy atom. The number of allylic oxidation sites excluding steroid dienone is 1. The molecule has 0 N–H and O–H groups in total. The Labute approximate surface area is 124 Å². The van der Waals surface area contributed by atoms with Gasteiger partial charge in [0.05, 0.1) is 10.6 Å². The van der Waals surface area contributed by atoms with E-state index in [0.717, 1.165) is 17.7 Å². The van der Waals surface area contributed by atoms with Gasteiger partial charge in [0.1, 0.15) is 5.82 Å². The van der Waals surface area contributed by atoms with E-state index >= 15 is 0 Å². The number of hydrogen-bond donors (Lipinski definition) is 0.